The molecular weight excluding hydrogens is 777 g/mol. The van der Waals surface area contributed by atoms with Gasteiger partial charge in [-0.15, -0.1) is 12.6 Å². The molecule has 0 bridgehead atoms. The first-order chi connectivity index (χ1) is 27.7. The van der Waals surface area contributed by atoms with E-state index in [0.717, 1.165) is 35.3 Å². The molecule has 0 saturated heterocycles. The van der Waals surface area contributed by atoms with Crippen molar-refractivity contribution < 1.29 is 54.1 Å². The van der Waals surface area contributed by atoms with Gasteiger partial charge in [-0.25, -0.2) is 18.3 Å². The fourth-order valence-electron chi connectivity index (χ4n) is 6.13. The zero-order valence-corrected chi connectivity index (χ0v) is 34.9. The number of pyridine rings is 4. The highest BCUT2D eigenvalue weighted by atomic mass is 32.2. The van der Waals surface area contributed by atoms with E-state index in [0.29, 0.717) is 30.0 Å². The maximum absolute atomic E-state index is 11.5. The van der Waals surface area contributed by atoms with E-state index < -0.39 is 31.4 Å². The van der Waals surface area contributed by atoms with Crippen molar-refractivity contribution >= 4 is 20.7 Å². The lowest BCUT2D eigenvalue weighted by Gasteiger charge is -2.07. The summed E-state index contributed by atoms with van der Waals surface area (Å²) in [6.07, 6.45) is 21.5. The van der Waals surface area contributed by atoms with Crippen LogP contribution in [0.15, 0.2) is 133 Å². The first-order valence-corrected chi connectivity index (χ1v) is 21.4. The zero-order chi connectivity index (χ0) is 42.2. The fraction of sp³-hybridized carbons (Fsp3) is 0.273. The summed E-state index contributed by atoms with van der Waals surface area (Å²) in [5, 5.41) is 19.6. The lowest BCUT2D eigenvalue weighted by molar-refractivity contribution is -0.697. The van der Waals surface area contributed by atoms with Crippen LogP contribution in [0.4, 0.5) is 0 Å². The smallest absolute Gasteiger partial charge is 0.425 e. The molecule has 58 heavy (non-hydrogen) atoms. The Balaban J connectivity index is 0.000000262. The molecule has 0 aliphatic heterocycles. The Labute approximate surface area is 342 Å². The van der Waals surface area contributed by atoms with Crippen molar-refractivity contribution in [3.05, 3.63) is 151 Å². The van der Waals surface area contributed by atoms with Gasteiger partial charge < -0.3 is 10.2 Å². The maximum Gasteiger partial charge on any atom is 0.425 e. The van der Waals surface area contributed by atoms with Crippen LogP contribution in [0, 0.1) is 13.8 Å². The predicted molar refractivity (Wildman–Crippen MR) is 218 cm³/mol. The number of hydrogen-bond acceptors (Lipinski definition) is 7. The molecule has 4 aromatic heterocycles. The van der Waals surface area contributed by atoms with E-state index in [4.69, 9.17) is 12.6 Å². The molecule has 0 unspecified atom stereocenters. The molecule has 0 atom stereocenters. The van der Waals surface area contributed by atoms with Gasteiger partial charge in [0.2, 0.25) is 0 Å². The SMILES string of the molecule is CCCC[n+]1ccc(-c2cc[n+](CCCC)cc2)cc1.Cc1cc(C[n+]2ccc(-c3cc[n+](Cc4cc(C)c(O)c(S(=O)(=O)O)c4)cc3)cc2)ccc1O.O=S(=O)=O. The number of phenols is 2. The Hall–Kier alpha value is -5.83. The summed E-state index contributed by atoms with van der Waals surface area (Å²) in [7, 11) is -7.62. The van der Waals surface area contributed by atoms with Crippen LogP contribution in [-0.4, -0.2) is 35.8 Å². The molecule has 12 nitrogen and oxygen atoms in total. The molecule has 6 rings (SSSR count). The normalized spacial score (nSPS) is 10.8. The highest BCUT2D eigenvalue weighted by molar-refractivity contribution is 7.86. The predicted octanol–water partition coefficient (Wildman–Crippen LogP) is 5.82. The second kappa shape index (κ2) is 21.6. The Morgan fingerprint density at radius 1 is 0.534 bits per heavy atom. The molecule has 0 aliphatic carbocycles. The van der Waals surface area contributed by atoms with Crippen LogP contribution in [-0.2, 0) is 46.9 Å². The molecule has 6 aromatic rings. The van der Waals surface area contributed by atoms with E-state index in [1.54, 1.807) is 19.1 Å². The van der Waals surface area contributed by atoms with Gasteiger partial charge in [-0.1, -0.05) is 26.7 Å². The molecule has 304 valence electrons. The van der Waals surface area contributed by atoms with Gasteiger partial charge in [-0.3, -0.25) is 4.55 Å². The molecule has 0 radical (unpaired) electrons. The van der Waals surface area contributed by atoms with Crippen LogP contribution in [0.1, 0.15) is 61.8 Å². The number of rotatable bonds is 13. The van der Waals surface area contributed by atoms with Crippen molar-refractivity contribution in [1.82, 2.24) is 0 Å². The molecule has 14 heteroatoms. The summed E-state index contributed by atoms with van der Waals surface area (Å²) in [6.45, 7) is 11.2. The van der Waals surface area contributed by atoms with Crippen LogP contribution >= 0.6 is 0 Å². The molecule has 4 heterocycles. The van der Waals surface area contributed by atoms with Gasteiger partial charge in [0.05, 0.1) is 0 Å². The number of benzene rings is 2. The maximum atomic E-state index is 11.5. The van der Waals surface area contributed by atoms with Gasteiger partial charge in [0, 0.05) is 72.5 Å². The highest BCUT2D eigenvalue weighted by Crippen LogP contribution is 2.28. The van der Waals surface area contributed by atoms with E-state index in [2.05, 4.69) is 76.6 Å². The van der Waals surface area contributed by atoms with Gasteiger partial charge in [-0.2, -0.15) is 8.42 Å². The number of aromatic hydroxyl groups is 2. The average molecular weight is 829 g/mol. The molecule has 2 aromatic carbocycles. The number of hydrogen-bond donors (Lipinski definition) is 3. The average Bonchev–Trinajstić information content (AvgIpc) is 3.20. The first-order valence-electron chi connectivity index (χ1n) is 19.0. The van der Waals surface area contributed by atoms with E-state index in [1.807, 2.05) is 72.7 Å². The molecule has 0 aliphatic rings. The van der Waals surface area contributed by atoms with E-state index in [-0.39, 0.29) is 0 Å². The van der Waals surface area contributed by atoms with Crippen molar-refractivity contribution in [3.63, 3.8) is 0 Å². The van der Waals surface area contributed by atoms with Crippen molar-refractivity contribution in [2.24, 2.45) is 0 Å². The summed E-state index contributed by atoms with van der Waals surface area (Å²) >= 11 is 0. The largest absolute Gasteiger partial charge is 0.508 e. The number of phenolic OH excluding ortho intramolecular Hbond substituents is 2. The third-order valence-electron chi connectivity index (χ3n) is 9.37. The summed E-state index contributed by atoms with van der Waals surface area (Å²) in [5.41, 5.74) is 7.65. The first kappa shape index (κ1) is 44.9. The minimum absolute atomic E-state index is 0.296. The van der Waals surface area contributed by atoms with Crippen molar-refractivity contribution in [3.8, 4) is 33.8 Å². The molecule has 0 saturated carbocycles. The molecule has 0 amide bonds. The Bertz CT molecular complexity index is 2420. The quantitative estimate of drug-likeness (QED) is 0.0970. The van der Waals surface area contributed by atoms with Crippen LogP contribution in [0.25, 0.3) is 22.3 Å². The zero-order valence-electron chi connectivity index (χ0n) is 33.3. The summed E-state index contributed by atoms with van der Waals surface area (Å²) in [4.78, 5) is -0.486. The van der Waals surface area contributed by atoms with Gasteiger partial charge in [0.15, 0.2) is 62.7 Å². The van der Waals surface area contributed by atoms with Crippen molar-refractivity contribution in [1.29, 1.82) is 0 Å². The lowest BCUT2D eigenvalue weighted by Crippen LogP contribution is -2.33. The minimum Gasteiger partial charge on any atom is -0.508 e. The molecular formula is C44H52N4O8S2+4. The van der Waals surface area contributed by atoms with Crippen LogP contribution in [0.5, 0.6) is 11.5 Å². The van der Waals surface area contributed by atoms with E-state index >= 15 is 0 Å². The standard InChI is InChI=1S/C26H24N2O5S.C18H26N2.O3S/c1-18-13-20(3-4-24(18)29)16-27-9-5-22(6-10-27)23-7-11-28(12-8-23)17-21-14-19(2)26(30)25(15-21)34(31,32)33;1-3-5-11-19-13-7-17(8-14-19)18-9-15-20(16-10-18)12-6-4-2;1-4(2)3/h3-15H,16-17H2,1-2H3,(H-2,29,30,31,32,33);7-10,13-16H,3-6,11-12H2,1-2H3;/q;+2;/p+2. The Morgan fingerprint density at radius 2 is 0.897 bits per heavy atom. The summed E-state index contributed by atoms with van der Waals surface area (Å²) in [5.74, 6) is -0.140. The number of aryl methyl sites for hydroxylation is 4. The van der Waals surface area contributed by atoms with Crippen molar-refractivity contribution in [2.75, 3.05) is 0 Å². The Morgan fingerprint density at radius 3 is 1.26 bits per heavy atom. The van der Waals surface area contributed by atoms with Gasteiger partial charge >= 0.3 is 10.6 Å². The lowest BCUT2D eigenvalue weighted by atomic mass is 10.1. The van der Waals surface area contributed by atoms with Crippen LogP contribution < -0.4 is 18.3 Å². The third-order valence-corrected chi connectivity index (χ3v) is 10.2. The summed E-state index contributed by atoms with van der Waals surface area (Å²) in [6, 6.07) is 25.4. The van der Waals surface area contributed by atoms with Gasteiger partial charge in [0.1, 0.15) is 29.5 Å². The van der Waals surface area contributed by atoms with Crippen LogP contribution in [0.2, 0.25) is 0 Å². The van der Waals surface area contributed by atoms with Crippen LogP contribution in [0.3, 0.4) is 0 Å². The van der Waals surface area contributed by atoms with E-state index in [1.165, 1.54) is 42.9 Å². The van der Waals surface area contributed by atoms with Gasteiger partial charge in [-0.05, 0) is 77.6 Å². The molecule has 0 fully saturated rings. The van der Waals surface area contributed by atoms with Crippen molar-refractivity contribution in [2.45, 2.75) is 84.5 Å². The number of aromatic nitrogens is 4. The topological polar surface area (TPSA) is 162 Å². The third kappa shape index (κ3) is 14.0. The highest BCUT2D eigenvalue weighted by Gasteiger charge is 2.20. The molecule has 0 spiro atoms. The number of unbranched alkanes of at least 4 members (excludes halogenated alkanes) is 2. The fourth-order valence-corrected chi connectivity index (χ4v) is 6.84. The summed E-state index contributed by atoms with van der Waals surface area (Å²) < 4.78 is 66.3. The monoisotopic (exact) mass is 828 g/mol. The minimum atomic E-state index is -4.51. The second-order valence-corrected chi connectivity index (χ2v) is 15.7. The van der Waals surface area contributed by atoms with E-state index in [9.17, 15) is 23.2 Å². The Kier molecular flexibility index (Phi) is 16.7. The second-order valence-electron chi connectivity index (χ2n) is 13.9. The number of nitrogens with zero attached hydrogens (tertiary/aromatic N) is 4. The van der Waals surface area contributed by atoms with Gasteiger partial charge in [0.25, 0.3) is 10.1 Å². The molecule has 3 N–H and O–H groups in total.